The maximum absolute atomic E-state index is 4.52. The minimum atomic E-state index is 0.790. The van der Waals surface area contributed by atoms with Crippen molar-refractivity contribution in [2.75, 3.05) is 30.9 Å². The van der Waals surface area contributed by atoms with Crippen molar-refractivity contribution in [1.29, 1.82) is 0 Å². The fourth-order valence-corrected chi connectivity index (χ4v) is 1.99. The Kier molecular flexibility index (Phi) is 4.56. The Morgan fingerprint density at radius 2 is 1.80 bits per heavy atom. The molecule has 0 aliphatic rings. The van der Waals surface area contributed by atoms with Gasteiger partial charge in [-0.3, -0.25) is 0 Å². The summed E-state index contributed by atoms with van der Waals surface area (Å²) in [7, 11) is 4.08. The van der Waals surface area contributed by atoms with Crippen LogP contribution in [-0.4, -0.2) is 30.6 Å². The number of anilines is 2. The van der Waals surface area contributed by atoms with Crippen LogP contribution < -0.4 is 10.2 Å². The molecule has 4 heteroatoms. The fourth-order valence-electron chi connectivity index (χ4n) is 1.99. The molecule has 0 radical (unpaired) electrons. The van der Waals surface area contributed by atoms with Crippen LogP contribution in [0.3, 0.4) is 0 Å². The first kappa shape index (κ1) is 14.3. The van der Waals surface area contributed by atoms with E-state index in [1.54, 1.807) is 0 Å². The first-order chi connectivity index (χ1) is 9.60. The summed E-state index contributed by atoms with van der Waals surface area (Å²) in [5.74, 6) is 1.68. The summed E-state index contributed by atoms with van der Waals surface area (Å²) < 4.78 is 0. The lowest BCUT2D eigenvalue weighted by atomic mass is 10.1. The number of aromatic nitrogens is 2. The van der Waals surface area contributed by atoms with E-state index in [4.69, 9.17) is 0 Å². The SMILES string of the molecule is CCCNc1cc(-c2ccc(N(C)C)cc2)nc(C)n1. The summed E-state index contributed by atoms with van der Waals surface area (Å²) in [6.45, 7) is 4.99. The van der Waals surface area contributed by atoms with Gasteiger partial charge in [0.15, 0.2) is 0 Å². The van der Waals surface area contributed by atoms with E-state index in [9.17, 15) is 0 Å². The molecule has 0 saturated heterocycles. The summed E-state index contributed by atoms with van der Waals surface area (Å²) >= 11 is 0. The van der Waals surface area contributed by atoms with Crippen molar-refractivity contribution in [3.8, 4) is 11.3 Å². The van der Waals surface area contributed by atoms with Crippen LogP contribution in [0.5, 0.6) is 0 Å². The second-order valence-corrected chi connectivity index (χ2v) is 5.05. The predicted octanol–water partition coefficient (Wildman–Crippen LogP) is 3.34. The number of aryl methyl sites for hydroxylation is 1. The highest BCUT2D eigenvalue weighted by atomic mass is 15.1. The molecule has 1 heterocycles. The smallest absolute Gasteiger partial charge is 0.130 e. The quantitative estimate of drug-likeness (QED) is 0.904. The number of hydrogen-bond acceptors (Lipinski definition) is 4. The van der Waals surface area contributed by atoms with Crippen LogP contribution in [0.4, 0.5) is 11.5 Å². The molecule has 0 atom stereocenters. The Morgan fingerprint density at radius 3 is 2.40 bits per heavy atom. The van der Waals surface area contributed by atoms with E-state index in [2.05, 4.69) is 51.4 Å². The van der Waals surface area contributed by atoms with Gasteiger partial charge in [-0.1, -0.05) is 19.1 Å². The summed E-state index contributed by atoms with van der Waals surface area (Å²) in [4.78, 5) is 11.0. The Hall–Kier alpha value is -2.10. The minimum Gasteiger partial charge on any atom is -0.378 e. The van der Waals surface area contributed by atoms with Crippen molar-refractivity contribution in [2.45, 2.75) is 20.3 Å². The Balaban J connectivity index is 2.29. The molecule has 20 heavy (non-hydrogen) atoms. The third kappa shape index (κ3) is 3.47. The van der Waals surface area contributed by atoms with Crippen molar-refractivity contribution in [1.82, 2.24) is 9.97 Å². The van der Waals surface area contributed by atoms with Crippen LogP contribution in [0, 0.1) is 6.92 Å². The maximum Gasteiger partial charge on any atom is 0.130 e. The number of nitrogens with zero attached hydrogens (tertiary/aromatic N) is 3. The molecule has 1 aromatic carbocycles. The van der Waals surface area contributed by atoms with Gasteiger partial charge >= 0.3 is 0 Å². The molecule has 4 nitrogen and oxygen atoms in total. The molecular weight excluding hydrogens is 248 g/mol. The van der Waals surface area contributed by atoms with Gasteiger partial charge in [-0.05, 0) is 25.5 Å². The van der Waals surface area contributed by atoms with E-state index in [1.807, 2.05) is 27.1 Å². The summed E-state index contributed by atoms with van der Waals surface area (Å²) in [6.07, 6.45) is 1.08. The van der Waals surface area contributed by atoms with Crippen molar-refractivity contribution >= 4 is 11.5 Å². The van der Waals surface area contributed by atoms with Crippen LogP contribution in [0.2, 0.25) is 0 Å². The topological polar surface area (TPSA) is 41.0 Å². The molecule has 2 rings (SSSR count). The van der Waals surface area contributed by atoms with E-state index >= 15 is 0 Å². The lowest BCUT2D eigenvalue weighted by molar-refractivity contribution is 0.955. The van der Waals surface area contributed by atoms with E-state index in [0.29, 0.717) is 0 Å². The molecule has 1 N–H and O–H groups in total. The molecule has 0 fully saturated rings. The van der Waals surface area contributed by atoms with Gasteiger partial charge in [-0.15, -0.1) is 0 Å². The molecular formula is C16H22N4. The van der Waals surface area contributed by atoms with Crippen LogP contribution in [0.15, 0.2) is 30.3 Å². The fraction of sp³-hybridized carbons (Fsp3) is 0.375. The number of rotatable bonds is 5. The summed E-state index contributed by atoms with van der Waals surface area (Å²) in [6, 6.07) is 10.4. The van der Waals surface area contributed by atoms with Crippen LogP contribution in [0.25, 0.3) is 11.3 Å². The van der Waals surface area contributed by atoms with E-state index < -0.39 is 0 Å². The monoisotopic (exact) mass is 270 g/mol. The first-order valence-electron chi connectivity index (χ1n) is 6.97. The van der Waals surface area contributed by atoms with Gasteiger partial charge < -0.3 is 10.2 Å². The van der Waals surface area contributed by atoms with Gasteiger partial charge in [0.1, 0.15) is 11.6 Å². The molecule has 0 bridgehead atoms. The van der Waals surface area contributed by atoms with Gasteiger partial charge in [-0.25, -0.2) is 9.97 Å². The van der Waals surface area contributed by atoms with Crippen LogP contribution in [0.1, 0.15) is 19.2 Å². The average molecular weight is 270 g/mol. The zero-order chi connectivity index (χ0) is 14.5. The highest BCUT2D eigenvalue weighted by Gasteiger charge is 2.05. The Labute approximate surface area is 120 Å². The first-order valence-corrected chi connectivity index (χ1v) is 6.97. The third-order valence-electron chi connectivity index (χ3n) is 3.07. The molecule has 0 spiro atoms. The van der Waals surface area contributed by atoms with Crippen molar-refractivity contribution in [2.24, 2.45) is 0 Å². The van der Waals surface area contributed by atoms with E-state index in [1.165, 1.54) is 5.69 Å². The standard InChI is InChI=1S/C16H22N4/c1-5-10-17-16-11-15(18-12(2)19-16)13-6-8-14(9-7-13)20(3)4/h6-9,11H,5,10H2,1-4H3,(H,17,18,19). The van der Waals surface area contributed by atoms with Crippen LogP contribution in [-0.2, 0) is 0 Å². The molecule has 0 unspecified atom stereocenters. The molecule has 0 saturated carbocycles. The van der Waals surface area contributed by atoms with Crippen molar-refractivity contribution in [3.05, 3.63) is 36.2 Å². The maximum atomic E-state index is 4.52. The van der Waals surface area contributed by atoms with Gasteiger partial charge in [-0.2, -0.15) is 0 Å². The molecule has 2 aromatic rings. The second-order valence-electron chi connectivity index (χ2n) is 5.05. The lowest BCUT2D eigenvalue weighted by Crippen LogP contribution is -2.08. The second kappa shape index (κ2) is 6.37. The van der Waals surface area contributed by atoms with Gasteiger partial charge in [0, 0.05) is 38.0 Å². The van der Waals surface area contributed by atoms with E-state index in [0.717, 1.165) is 35.9 Å². The zero-order valence-electron chi connectivity index (χ0n) is 12.6. The molecule has 1 aromatic heterocycles. The third-order valence-corrected chi connectivity index (χ3v) is 3.07. The van der Waals surface area contributed by atoms with Gasteiger partial charge in [0.2, 0.25) is 0 Å². The molecule has 106 valence electrons. The van der Waals surface area contributed by atoms with Crippen molar-refractivity contribution in [3.63, 3.8) is 0 Å². The predicted molar refractivity (Wildman–Crippen MR) is 85.3 cm³/mol. The van der Waals surface area contributed by atoms with E-state index in [-0.39, 0.29) is 0 Å². The molecule has 0 aliphatic heterocycles. The van der Waals surface area contributed by atoms with Crippen molar-refractivity contribution < 1.29 is 0 Å². The Morgan fingerprint density at radius 1 is 1.10 bits per heavy atom. The lowest BCUT2D eigenvalue weighted by Gasteiger charge is -2.13. The average Bonchev–Trinajstić information content (AvgIpc) is 2.44. The number of benzene rings is 1. The minimum absolute atomic E-state index is 0.790. The normalized spacial score (nSPS) is 10.4. The number of hydrogen-bond donors (Lipinski definition) is 1. The largest absolute Gasteiger partial charge is 0.378 e. The molecule has 0 amide bonds. The van der Waals surface area contributed by atoms with Gasteiger partial charge in [0.25, 0.3) is 0 Å². The highest BCUT2D eigenvalue weighted by molar-refractivity contribution is 5.65. The summed E-state index contributed by atoms with van der Waals surface area (Å²) in [5, 5.41) is 3.32. The summed E-state index contributed by atoms with van der Waals surface area (Å²) in [5.41, 5.74) is 3.26. The number of nitrogens with one attached hydrogen (secondary N) is 1. The van der Waals surface area contributed by atoms with Gasteiger partial charge in [0.05, 0.1) is 5.69 Å². The highest BCUT2D eigenvalue weighted by Crippen LogP contribution is 2.22. The molecule has 0 aliphatic carbocycles. The van der Waals surface area contributed by atoms with Crippen LogP contribution >= 0.6 is 0 Å². The Bertz CT molecular complexity index is 561. The zero-order valence-corrected chi connectivity index (χ0v) is 12.6.